The molecule has 5 nitrogen and oxygen atoms in total. The van der Waals surface area contributed by atoms with Gasteiger partial charge in [0, 0.05) is 12.3 Å². The Balaban J connectivity index is 1.63. The number of aliphatic imine (C=N–C) groups is 1. The molecule has 0 atom stereocenters. The Morgan fingerprint density at radius 3 is 2.33 bits per heavy atom. The predicted molar refractivity (Wildman–Crippen MR) is 109 cm³/mol. The third-order valence-electron chi connectivity index (χ3n) is 4.63. The fourth-order valence-electron chi connectivity index (χ4n) is 3.19. The number of nitrogens with one attached hydrogen (secondary N) is 1. The minimum absolute atomic E-state index is 0.0566. The summed E-state index contributed by atoms with van der Waals surface area (Å²) in [6.07, 6.45) is 6.96. The maximum Gasteiger partial charge on any atom is 0.240 e. The van der Waals surface area contributed by atoms with Crippen molar-refractivity contribution in [2.24, 2.45) is 4.99 Å². The van der Waals surface area contributed by atoms with Crippen molar-refractivity contribution in [2.75, 3.05) is 6.61 Å². The lowest BCUT2D eigenvalue weighted by molar-refractivity contribution is 0.340. The van der Waals surface area contributed by atoms with Crippen LogP contribution in [-0.2, 0) is 10.0 Å². The van der Waals surface area contributed by atoms with E-state index in [-0.39, 0.29) is 10.9 Å². The molecule has 2 aromatic rings. The molecule has 144 valence electrons. The molecule has 0 aliphatic heterocycles. The van der Waals surface area contributed by atoms with Crippen molar-refractivity contribution in [3.8, 4) is 5.75 Å². The quantitative estimate of drug-likeness (QED) is 0.715. The second-order valence-corrected chi connectivity index (χ2v) is 8.42. The first-order chi connectivity index (χ1) is 13.1. The topological polar surface area (TPSA) is 67.8 Å². The van der Waals surface area contributed by atoms with E-state index in [1.807, 2.05) is 31.2 Å². The number of nitrogens with zero attached hydrogens (tertiary/aromatic N) is 1. The first-order valence-corrected chi connectivity index (χ1v) is 10.9. The molecular weight excluding hydrogens is 360 g/mol. The zero-order valence-electron chi connectivity index (χ0n) is 15.6. The average molecular weight is 387 g/mol. The maximum atomic E-state index is 12.5. The molecule has 0 heterocycles. The monoisotopic (exact) mass is 386 g/mol. The Labute approximate surface area is 161 Å². The first kappa shape index (κ1) is 19.6. The Bertz CT molecular complexity index is 853. The lowest BCUT2D eigenvalue weighted by Gasteiger charge is -2.22. The molecule has 0 amide bonds. The zero-order valence-corrected chi connectivity index (χ0v) is 16.4. The van der Waals surface area contributed by atoms with Crippen molar-refractivity contribution in [1.82, 2.24) is 4.72 Å². The van der Waals surface area contributed by atoms with E-state index in [2.05, 4.69) is 9.71 Å². The molecule has 2 aromatic carbocycles. The van der Waals surface area contributed by atoms with Gasteiger partial charge in [-0.25, -0.2) is 13.1 Å². The summed E-state index contributed by atoms with van der Waals surface area (Å²) in [6, 6.07) is 14.4. The summed E-state index contributed by atoms with van der Waals surface area (Å²) in [5, 5.41) is 0. The van der Waals surface area contributed by atoms with Gasteiger partial charge in [0.1, 0.15) is 5.75 Å². The zero-order chi connectivity index (χ0) is 19.1. The van der Waals surface area contributed by atoms with Crippen molar-refractivity contribution in [1.29, 1.82) is 0 Å². The van der Waals surface area contributed by atoms with Crippen molar-refractivity contribution >= 4 is 21.9 Å². The number of hydrogen-bond acceptors (Lipinski definition) is 4. The molecule has 27 heavy (non-hydrogen) atoms. The van der Waals surface area contributed by atoms with Gasteiger partial charge < -0.3 is 4.74 Å². The van der Waals surface area contributed by atoms with Gasteiger partial charge >= 0.3 is 0 Å². The summed E-state index contributed by atoms with van der Waals surface area (Å²) in [6.45, 7) is 2.59. The van der Waals surface area contributed by atoms with Gasteiger partial charge in [-0.3, -0.25) is 4.99 Å². The predicted octanol–water partition coefficient (Wildman–Crippen LogP) is 4.45. The molecule has 0 saturated heterocycles. The van der Waals surface area contributed by atoms with Crippen LogP contribution in [0.5, 0.6) is 5.75 Å². The summed E-state index contributed by atoms with van der Waals surface area (Å²) < 4.78 is 33.3. The number of hydrogen-bond donors (Lipinski definition) is 1. The average Bonchev–Trinajstić information content (AvgIpc) is 2.68. The van der Waals surface area contributed by atoms with Gasteiger partial charge in [-0.2, -0.15) is 0 Å². The summed E-state index contributed by atoms with van der Waals surface area (Å²) >= 11 is 0. The fraction of sp³-hybridized carbons (Fsp3) is 0.381. The number of ether oxygens (including phenoxy) is 1. The van der Waals surface area contributed by atoms with Crippen LogP contribution in [0.3, 0.4) is 0 Å². The Kier molecular flexibility index (Phi) is 6.63. The van der Waals surface area contributed by atoms with Gasteiger partial charge in [0.2, 0.25) is 10.0 Å². The van der Waals surface area contributed by atoms with Crippen LogP contribution in [-0.4, -0.2) is 27.3 Å². The van der Waals surface area contributed by atoms with E-state index in [0.29, 0.717) is 12.3 Å². The number of rotatable bonds is 7. The van der Waals surface area contributed by atoms with Crippen LogP contribution >= 0.6 is 0 Å². The molecule has 0 spiro atoms. The molecule has 3 rings (SSSR count). The molecule has 0 bridgehead atoms. The second kappa shape index (κ2) is 9.15. The van der Waals surface area contributed by atoms with Crippen molar-refractivity contribution in [3.05, 3.63) is 54.1 Å². The molecule has 1 N–H and O–H groups in total. The van der Waals surface area contributed by atoms with Gasteiger partial charge in [-0.15, -0.1) is 0 Å². The third-order valence-corrected chi connectivity index (χ3v) is 6.16. The van der Waals surface area contributed by atoms with E-state index in [4.69, 9.17) is 4.74 Å². The molecule has 1 aliphatic rings. The van der Waals surface area contributed by atoms with Crippen LogP contribution in [0.15, 0.2) is 58.4 Å². The smallest absolute Gasteiger partial charge is 0.240 e. The molecule has 0 radical (unpaired) electrons. The molecule has 1 saturated carbocycles. The van der Waals surface area contributed by atoms with Gasteiger partial charge in [0.25, 0.3) is 0 Å². The highest BCUT2D eigenvalue weighted by atomic mass is 32.2. The molecular formula is C21H26N2O3S. The van der Waals surface area contributed by atoms with Crippen LogP contribution in [0.4, 0.5) is 5.69 Å². The maximum absolute atomic E-state index is 12.5. The highest BCUT2D eigenvalue weighted by molar-refractivity contribution is 7.89. The Morgan fingerprint density at radius 1 is 1.04 bits per heavy atom. The Hall–Kier alpha value is -2.18. The largest absolute Gasteiger partial charge is 0.494 e. The molecule has 1 aliphatic carbocycles. The SMILES string of the molecule is CCOc1ccc(C=Nc2ccc(S(=O)(=O)NC3CCCCC3)cc2)cc1. The van der Waals surface area contributed by atoms with Gasteiger partial charge in [-0.05, 0) is 73.9 Å². The van der Waals surface area contributed by atoms with Crippen LogP contribution in [0, 0.1) is 0 Å². The van der Waals surface area contributed by atoms with Crippen LogP contribution in [0.1, 0.15) is 44.6 Å². The van der Waals surface area contributed by atoms with Crippen molar-refractivity contribution in [2.45, 2.75) is 50.0 Å². The number of sulfonamides is 1. The van der Waals surface area contributed by atoms with Gasteiger partial charge in [0.05, 0.1) is 17.2 Å². The first-order valence-electron chi connectivity index (χ1n) is 9.46. The van der Waals surface area contributed by atoms with E-state index in [0.717, 1.165) is 37.0 Å². The van der Waals surface area contributed by atoms with Gasteiger partial charge in [0.15, 0.2) is 0 Å². The fourth-order valence-corrected chi connectivity index (χ4v) is 4.49. The van der Waals surface area contributed by atoms with Gasteiger partial charge in [-0.1, -0.05) is 19.3 Å². The summed E-state index contributed by atoms with van der Waals surface area (Å²) in [5.74, 6) is 0.828. The van der Waals surface area contributed by atoms with Crippen LogP contribution in [0.2, 0.25) is 0 Å². The minimum atomic E-state index is -3.47. The summed E-state index contributed by atoms with van der Waals surface area (Å²) in [4.78, 5) is 4.70. The Morgan fingerprint density at radius 2 is 1.70 bits per heavy atom. The second-order valence-electron chi connectivity index (χ2n) is 6.71. The number of benzene rings is 2. The van der Waals surface area contributed by atoms with Crippen molar-refractivity contribution in [3.63, 3.8) is 0 Å². The van der Waals surface area contributed by atoms with Crippen molar-refractivity contribution < 1.29 is 13.2 Å². The minimum Gasteiger partial charge on any atom is -0.494 e. The highest BCUT2D eigenvalue weighted by Gasteiger charge is 2.21. The highest BCUT2D eigenvalue weighted by Crippen LogP contribution is 2.21. The van der Waals surface area contributed by atoms with Crippen LogP contribution in [0.25, 0.3) is 0 Å². The summed E-state index contributed by atoms with van der Waals surface area (Å²) in [7, 11) is -3.47. The normalized spacial score (nSPS) is 15.9. The third kappa shape index (κ3) is 5.65. The van der Waals surface area contributed by atoms with E-state index < -0.39 is 10.0 Å². The van der Waals surface area contributed by atoms with Crippen LogP contribution < -0.4 is 9.46 Å². The summed E-state index contributed by atoms with van der Waals surface area (Å²) in [5.41, 5.74) is 1.66. The standard InChI is InChI=1S/C21H26N2O3S/c1-2-26-20-12-8-17(9-13-20)16-22-18-10-14-21(15-11-18)27(24,25)23-19-6-4-3-5-7-19/h8-16,19,23H,2-7H2,1H3. The molecule has 0 aromatic heterocycles. The molecule has 6 heteroatoms. The molecule has 0 unspecified atom stereocenters. The molecule has 1 fully saturated rings. The van der Waals surface area contributed by atoms with E-state index in [1.54, 1.807) is 30.5 Å². The van der Waals surface area contributed by atoms with E-state index >= 15 is 0 Å². The lowest BCUT2D eigenvalue weighted by Crippen LogP contribution is -2.36. The van der Waals surface area contributed by atoms with E-state index in [9.17, 15) is 8.42 Å². The lowest BCUT2D eigenvalue weighted by atomic mass is 9.96. The van der Waals surface area contributed by atoms with E-state index in [1.165, 1.54) is 6.42 Å².